The number of hydrogen-bond donors (Lipinski definition) is 2. The van der Waals surface area contributed by atoms with Crippen LogP contribution in [0.25, 0.3) is 0 Å². The van der Waals surface area contributed by atoms with Gasteiger partial charge >= 0.3 is 0 Å². The summed E-state index contributed by atoms with van der Waals surface area (Å²) >= 11 is 0. The predicted octanol–water partition coefficient (Wildman–Crippen LogP) is 4.48. The molecule has 0 aromatic carbocycles. The SMILES string of the molecule is CCCCCCCCCCCCCC(=O)CCNC(=O)CCC(=O)NCC1O[C@@H](O[C@H]2C(COC)O[C@@H](OC)C(OC)[C@H]2OC)C(OC)[C@@H](OC)[C@H]1C. The summed E-state index contributed by atoms with van der Waals surface area (Å²) in [5.74, 6) is -0.582. The molecule has 0 aliphatic carbocycles. The largest absolute Gasteiger partial charge is 0.382 e. The molecule has 0 aromatic rings. The highest BCUT2D eigenvalue weighted by Crippen LogP contribution is 2.35. The molecule has 2 aliphatic heterocycles. The Bertz CT molecular complexity index is 1010. The summed E-state index contributed by atoms with van der Waals surface area (Å²) in [7, 11) is 9.34. The van der Waals surface area contributed by atoms with Crippen LogP contribution in [0.4, 0.5) is 0 Å². The molecule has 2 N–H and O–H groups in total. The van der Waals surface area contributed by atoms with Crippen molar-refractivity contribution in [2.45, 2.75) is 165 Å². The fraction of sp³-hybridized carbons (Fsp3) is 0.923. The van der Waals surface area contributed by atoms with Crippen LogP contribution in [0.1, 0.15) is 110 Å². The Morgan fingerprint density at radius 1 is 0.547 bits per heavy atom. The Hall–Kier alpha value is -1.75. The van der Waals surface area contributed by atoms with Crippen LogP contribution in [0.2, 0.25) is 0 Å². The van der Waals surface area contributed by atoms with E-state index in [0.717, 1.165) is 12.8 Å². The molecule has 2 saturated heterocycles. The fourth-order valence-corrected chi connectivity index (χ4v) is 7.25. The molecule has 0 bridgehead atoms. The number of ketones is 1. The summed E-state index contributed by atoms with van der Waals surface area (Å²) in [6, 6.07) is 0. The van der Waals surface area contributed by atoms with Crippen molar-refractivity contribution in [3.8, 4) is 0 Å². The van der Waals surface area contributed by atoms with Gasteiger partial charge in [0.05, 0.1) is 18.8 Å². The molecule has 14 nitrogen and oxygen atoms in total. The zero-order valence-corrected chi connectivity index (χ0v) is 33.9. The van der Waals surface area contributed by atoms with Gasteiger partial charge in [-0.05, 0) is 6.42 Å². The zero-order valence-electron chi connectivity index (χ0n) is 33.9. The molecule has 14 heteroatoms. The van der Waals surface area contributed by atoms with E-state index in [9.17, 15) is 14.4 Å². The Morgan fingerprint density at radius 2 is 1.08 bits per heavy atom. The van der Waals surface area contributed by atoms with Crippen LogP contribution in [0.5, 0.6) is 0 Å². The van der Waals surface area contributed by atoms with E-state index in [0.29, 0.717) is 12.8 Å². The predicted molar refractivity (Wildman–Crippen MR) is 199 cm³/mol. The third-order valence-electron chi connectivity index (χ3n) is 10.4. The van der Waals surface area contributed by atoms with Gasteiger partial charge in [-0.15, -0.1) is 0 Å². The lowest BCUT2D eigenvalue weighted by Gasteiger charge is -2.49. The third kappa shape index (κ3) is 16.5. The molecule has 0 radical (unpaired) electrons. The Kier molecular flexibility index (Phi) is 24.8. The van der Waals surface area contributed by atoms with Crippen molar-refractivity contribution in [2.75, 3.05) is 62.4 Å². The minimum Gasteiger partial charge on any atom is -0.382 e. The van der Waals surface area contributed by atoms with Crippen LogP contribution >= 0.6 is 0 Å². The molecule has 2 fully saturated rings. The summed E-state index contributed by atoms with van der Waals surface area (Å²) in [4.78, 5) is 37.5. The summed E-state index contributed by atoms with van der Waals surface area (Å²) < 4.78 is 53.2. The van der Waals surface area contributed by atoms with Crippen molar-refractivity contribution in [1.29, 1.82) is 0 Å². The maximum absolute atomic E-state index is 12.8. The number of methoxy groups -OCH3 is 6. The topological polar surface area (TPSA) is 158 Å². The first-order valence-corrected chi connectivity index (χ1v) is 19.8. The quantitative estimate of drug-likeness (QED) is 0.103. The van der Waals surface area contributed by atoms with E-state index in [1.807, 2.05) is 6.92 Å². The molecule has 4 unspecified atom stereocenters. The molecule has 2 aliphatic rings. The number of amides is 2. The first kappa shape index (κ1) is 47.4. The second-order valence-corrected chi connectivity index (χ2v) is 14.3. The van der Waals surface area contributed by atoms with Crippen molar-refractivity contribution in [3.05, 3.63) is 0 Å². The van der Waals surface area contributed by atoms with Crippen LogP contribution < -0.4 is 10.6 Å². The van der Waals surface area contributed by atoms with E-state index in [1.54, 1.807) is 35.5 Å². The monoisotopic (exact) mass is 761 g/mol. The summed E-state index contributed by atoms with van der Waals surface area (Å²) in [6.45, 7) is 4.83. The molecule has 0 spiro atoms. The maximum atomic E-state index is 12.8. The van der Waals surface area contributed by atoms with Gasteiger partial charge in [-0.25, -0.2) is 0 Å². The van der Waals surface area contributed by atoms with Gasteiger partial charge in [-0.2, -0.15) is 0 Å². The van der Waals surface area contributed by atoms with Crippen molar-refractivity contribution in [3.63, 3.8) is 0 Å². The molecule has 0 aromatic heterocycles. The summed E-state index contributed by atoms with van der Waals surface area (Å²) in [6.07, 6.45) is 8.86. The number of unbranched alkanes of at least 4 members (excludes halogenated alkanes) is 10. The minimum absolute atomic E-state index is 0.000648. The van der Waals surface area contributed by atoms with Crippen molar-refractivity contribution in [1.82, 2.24) is 10.6 Å². The Balaban J connectivity index is 1.77. The van der Waals surface area contributed by atoms with Gasteiger partial charge in [0.25, 0.3) is 0 Å². The molecule has 2 rings (SSSR count). The lowest BCUT2D eigenvalue weighted by molar-refractivity contribution is -0.358. The second kappa shape index (κ2) is 27.8. The number of hydrogen-bond acceptors (Lipinski definition) is 12. The first-order chi connectivity index (χ1) is 25.7. The zero-order chi connectivity index (χ0) is 39.0. The van der Waals surface area contributed by atoms with Gasteiger partial charge in [0.15, 0.2) is 12.6 Å². The normalized spacial score (nSPS) is 28.8. The first-order valence-electron chi connectivity index (χ1n) is 19.8. The van der Waals surface area contributed by atoms with E-state index in [4.69, 9.17) is 42.6 Å². The fourth-order valence-electron chi connectivity index (χ4n) is 7.25. The lowest BCUT2D eigenvalue weighted by atomic mass is 9.89. The Labute approximate surface area is 318 Å². The average molecular weight is 761 g/mol. The maximum Gasteiger partial charge on any atom is 0.220 e. The van der Waals surface area contributed by atoms with Crippen LogP contribution in [0, 0.1) is 5.92 Å². The molecule has 10 atom stereocenters. The van der Waals surface area contributed by atoms with Crippen LogP contribution in [-0.4, -0.2) is 135 Å². The molecular weight excluding hydrogens is 688 g/mol. The standard InChI is InChI=1S/C39H72N2O12/c1-9-10-11-12-13-14-15-16-17-18-19-20-28(42)23-24-40-31(43)21-22-32(44)41-25-29-27(2)33(46-4)36(48-6)39(51-29)53-34-30(26-45-3)52-38(50-8)37(49-7)35(34)47-5/h27,29-30,33-39H,9-26H2,1-8H3,(H,40,43)(H,41,44)/t27-,29?,30?,33-,34-,35-,36?,37?,38+,39-/m0/s1. The van der Waals surface area contributed by atoms with Crippen molar-refractivity contribution < 1.29 is 57.0 Å². The highest BCUT2D eigenvalue weighted by atomic mass is 16.8. The van der Waals surface area contributed by atoms with E-state index in [1.165, 1.54) is 64.9 Å². The molecule has 310 valence electrons. The van der Waals surface area contributed by atoms with Gasteiger partial charge in [-0.1, -0.05) is 78.1 Å². The highest BCUT2D eigenvalue weighted by Gasteiger charge is 2.52. The number of ether oxygens (including phenoxy) is 9. The minimum atomic E-state index is -0.923. The average Bonchev–Trinajstić information content (AvgIpc) is 3.16. The van der Waals surface area contributed by atoms with Crippen LogP contribution in [0.15, 0.2) is 0 Å². The molecular formula is C39H72N2O12. The van der Waals surface area contributed by atoms with Crippen molar-refractivity contribution in [2.24, 2.45) is 5.92 Å². The molecule has 2 amide bonds. The van der Waals surface area contributed by atoms with Crippen LogP contribution in [-0.2, 0) is 57.0 Å². The summed E-state index contributed by atoms with van der Waals surface area (Å²) in [5.41, 5.74) is 0. The summed E-state index contributed by atoms with van der Waals surface area (Å²) in [5, 5.41) is 5.66. The molecule has 2 heterocycles. The van der Waals surface area contributed by atoms with Gasteiger partial charge in [0.2, 0.25) is 11.8 Å². The number of carbonyl (C=O) groups excluding carboxylic acids is 3. The van der Waals surface area contributed by atoms with Gasteiger partial charge in [0.1, 0.15) is 36.3 Å². The number of Topliss-reactive ketones (excluding diaryl/α,β-unsaturated/α-hetero) is 1. The smallest absolute Gasteiger partial charge is 0.220 e. The number of nitrogens with one attached hydrogen (secondary N) is 2. The van der Waals surface area contributed by atoms with E-state index in [-0.39, 0.29) is 56.1 Å². The number of rotatable bonds is 29. The van der Waals surface area contributed by atoms with E-state index in [2.05, 4.69) is 17.6 Å². The van der Waals surface area contributed by atoms with Gasteiger partial charge in [0, 0.05) is 87.3 Å². The lowest BCUT2D eigenvalue weighted by Crippen LogP contribution is -2.65. The van der Waals surface area contributed by atoms with E-state index >= 15 is 0 Å². The molecule has 53 heavy (non-hydrogen) atoms. The third-order valence-corrected chi connectivity index (χ3v) is 10.4. The highest BCUT2D eigenvalue weighted by molar-refractivity contribution is 5.84. The Morgan fingerprint density at radius 3 is 1.62 bits per heavy atom. The van der Waals surface area contributed by atoms with Crippen molar-refractivity contribution >= 4 is 17.6 Å². The van der Waals surface area contributed by atoms with Crippen LogP contribution in [0.3, 0.4) is 0 Å². The molecule has 0 saturated carbocycles. The van der Waals surface area contributed by atoms with E-state index < -0.39 is 55.3 Å². The van der Waals surface area contributed by atoms with Gasteiger partial charge < -0.3 is 53.3 Å². The second-order valence-electron chi connectivity index (χ2n) is 14.3. The number of carbonyl (C=O) groups is 3. The van der Waals surface area contributed by atoms with Gasteiger partial charge in [-0.3, -0.25) is 14.4 Å².